The number of rotatable bonds is 8. The number of benzene rings is 1. The number of nitrogens with zero attached hydrogens (tertiary/aromatic N) is 1. The smallest absolute Gasteiger partial charge is 0.223 e. The molecular weight excluding hydrogens is 320 g/mol. The normalized spacial score (nSPS) is 16.3. The minimum absolute atomic E-state index is 0.0258. The van der Waals surface area contributed by atoms with Crippen LogP contribution in [-0.4, -0.2) is 50.3 Å². The lowest BCUT2D eigenvalue weighted by molar-refractivity contribution is -0.122. The van der Waals surface area contributed by atoms with Gasteiger partial charge in [0, 0.05) is 19.6 Å². The number of hydrogen-bond acceptors (Lipinski definition) is 5. The predicted octanol–water partition coefficient (Wildman–Crippen LogP) is 2.24. The second-order valence-electron chi connectivity index (χ2n) is 5.90. The van der Waals surface area contributed by atoms with Crippen LogP contribution in [0.25, 0.3) is 0 Å². The molecule has 6 nitrogen and oxygen atoms in total. The monoisotopic (exact) mass is 344 g/mol. The van der Waals surface area contributed by atoms with Crippen molar-refractivity contribution in [1.82, 2.24) is 10.2 Å². The topological polar surface area (TPSA) is 63.9 Å². The van der Waals surface area contributed by atoms with Gasteiger partial charge in [0.05, 0.1) is 38.5 Å². The average molecular weight is 344 g/mol. The summed E-state index contributed by atoms with van der Waals surface area (Å²) in [5, 5.41) is 2.99. The van der Waals surface area contributed by atoms with Crippen LogP contribution in [0.2, 0.25) is 0 Å². The highest BCUT2D eigenvalue weighted by Gasteiger charge is 2.25. The van der Waals surface area contributed by atoms with E-state index in [-0.39, 0.29) is 11.9 Å². The molecule has 2 heterocycles. The molecule has 1 aliphatic heterocycles. The molecule has 1 aromatic heterocycles. The molecule has 1 atom stereocenters. The Balaban J connectivity index is 1.46. The average Bonchev–Trinajstić information content (AvgIpc) is 3.18. The molecule has 0 aliphatic carbocycles. The van der Waals surface area contributed by atoms with Crippen molar-refractivity contribution in [1.29, 1.82) is 0 Å². The van der Waals surface area contributed by atoms with E-state index < -0.39 is 0 Å². The Morgan fingerprint density at radius 1 is 1.16 bits per heavy atom. The van der Waals surface area contributed by atoms with Gasteiger partial charge >= 0.3 is 0 Å². The van der Waals surface area contributed by atoms with Crippen LogP contribution in [0.3, 0.4) is 0 Å². The zero-order valence-electron chi connectivity index (χ0n) is 14.2. The second kappa shape index (κ2) is 9.25. The van der Waals surface area contributed by atoms with Crippen molar-refractivity contribution < 1.29 is 18.7 Å². The summed E-state index contributed by atoms with van der Waals surface area (Å²) in [4.78, 5) is 14.4. The quantitative estimate of drug-likeness (QED) is 0.796. The first-order valence-corrected chi connectivity index (χ1v) is 8.62. The number of ether oxygens (including phenoxy) is 2. The molecule has 2 aromatic rings. The van der Waals surface area contributed by atoms with E-state index in [4.69, 9.17) is 13.9 Å². The lowest BCUT2D eigenvalue weighted by Crippen LogP contribution is -2.43. The van der Waals surface area contributed by atoms with Crippen LogP contribution in [0.5, 0.6) is 5.75 Å². The van der Waals surface area contributed by atoms with Crippen LogP contribution in [0, 0.1) is 0 Å². The second-order valence-corrected chi connectivity index (χ2v) is 5.90. The molecule has 1 aliphatic rings. The first-order chi connectivity index (χ1) is 12.3. The molecule has 0 bridgehead atoms. The Bertz CT molecular complexity index is 624. The highest BCUT2D eigenvalue weighted by Crippen LogP contribution is 2.21. The number of amides is 1. The Hall–Kier alpha value is -2.31. The SMILES string of the molecule is O=C(CCOc1ccccc1)NCC(c1ccco1)N1CCOCC1. The molecule has 3 rings (SSSR count). The summed E-state index contributed by atoms with van der Waals surface area (Å²) >= 11 is 0. The third-order valence-corrected chi connectivity index (χ3v) is 4.19. The predicted molar refractivity (Wildman–Crippen MR) is 93.4 cm³/mol. The number of morpholine rings is 1. The van der Waals surface area contributed by atoms with Gasteiger partial charge in [0.15, 0.2) is 0 Å². The van der Waals surface area contributed by atoms with Gasteiger partial charge in [0.25, 0.3) is 0 Å². The van der Waals surface area contributed by atoms with Crippen molar-refractivity contribution >= 4 is 5.91 Å². The highest BCUT2D eigenvalue weighted by molar-refractivity contribution is 5.76. The number of nitrogens with one attached hydrogen (secondary N) is 1. The molecular formula is C19H24N2O4. The Morgan fingerprint density at radius 2 is 1.96 bits per heavy atom. The fourth-order valence-corrected chi connectivity index (χ4v) is 2.86. The van der Waals surface area contributed by atoms with Gasteiger partial charge in [-0.2, -0.15) is 0 Å². The van der Waals surface area contributed by atoms with E-state index in [0.29, 0.717) is 32.8 Å². The third-order valence-electron chi connectivity index (χ3n) is 4.19. The minimum Gasteiger partial charge on any atom is -0.493 e. The Kier molecular flexibility index (Phi) is 6.48. The molecule has 1 fully saturated rings. The van der Waals surface area contributed by atoms with Crippen LogP contribution in [-0.2, 0) is 9.53 Å². The molecule has 1 N–H and O–H groups in total. The first-order valence-electron chi connectivity index (χ1n) is 8.62. The zero-order valence-corrected chi connectivity index (χ0v) is 14.2. The van der Waals surface area contributed by atoms with Crippen LogP contribution in [0.1, 0.15) is 18.2 Å². The molecule has 0 spiro atoms. The van der Waals surface area contributed by atoms with Crippen molar-refractivity contribution in [2.45, 2.75) is 12.5 Å². The van der Waals surface area contributed by atoms with Gasteiger partial charge in [0.1, 0.15) is 11.5 Å². The summed E-state index contributed by atoms with van der Waals surface area (Å²) in [6.45, 7) is 3.94. The van der Waals surface area contributed by atoms with Crippen molar-refractivity contribution in [2.75, 3.05) is 39.5 Å². The molecule has 0 saturated carbocycles. The molecule has 0 radical (unpaired) electrons. The standard InChI is InChI=1S/C19H24N2O4/c22-19(8-12-24-16-5-2-1-3-6-16)20-15-17(18-7-4-11-25-18)21-9-13-23-14-10-21/h1-7,11,17H,8-10,12-15H2,(H,20,22). The van der Waals surface area contributed by atoms with Gasteiger partial charge in [-0.15, -0.1) is 0 Å². The maximum absolute atomic E-state index is 12.1. The lowest BCUT2D eigenvalue weighted by Gasteiger charge is -2.33. The zero-order chi connectivity index (χ0) is 17.3. The summed E-state index contributed by atoms with van der Waals surface area (Å²) in [7, 11) is 0. The van der Waals surface area contributed by atoms with Gasteiger partial charge in [-0.05, 0) is 24.3 Å². The number of para-hydroxylation sites is 1. The molecule has 134 valence electrons. The number of carbonyl (C=O) groups is 1. The van der Waals surface area contributed by atoms with Crippen molar-refractivity contribution in [3.05, 3.63) is 54.5 Å². The number of hydrogen-bond donors (Lipinski definition) is 1. The van der Waals surface area contributed by atoms with E-state index in [1.807, 2.05) is 42.5 Å². The Morgan fingerprint density at radius 3 is 2.68 bits per heavy atom. The number of carbonyl (C=O) groups excluding carboxylic acids is 1. The summed E-state index contributed by atoms with van der Waals surface area (Å²) in [5.41, 5.74) is 0. The fraction of sp³-hybridized carbons (Fsp3) is 0.421. The van der Waals surface area contributed by atoms with E-state index in [9.17, 15) is 4.79 Å². The van der Waals surface area contributed by atoms with Gasteiger partial charge in [-0.1, -0.05) is 18.2 Å². The molecule has 1 aromatic carbocycles. The lowest BCUT2D eigenvalue weighted by atomic mass is 10.1. The van der Waals surface area contributed by atoms with Crippen LogP contribution in [0.4, 0.5) is 0 Å². The molecule has 1 unspecified atom stereocenters. The third kappa shape index (κ3) is 5.34. The summed E-state index contributed by atoms with van der Waals surface area (Å²) in [6, 6.07) is 13.4. The van der Waals surface area contributed by atoms with Crippen LogP contribution in [0.15, 0.2) is 53.1 Å². The largest absolute Gasteiger partial charge is 0.493 e. The molecule has 6 heteroatoms. The summed E-state index contributed by atoms with van der Waals surface area (Å²) < 4.78 is 16.5. The summed E-state index contributed by atoms with van der Waals surface area (Å²) in [6.07, 6.45) is 1.99. The van der Waals surface area contributed by atoms with Gasteiger partial charge in [-0.3, -0.25) is 9.69 Å². The van der Waals surface area contributed by atoms with Crippen molar-refractivity contribution in [3.63, 3.8) is 0 Å². The first kappa shape index (κ1) is 17.5. The highest BCUT2D eigenvalue weighted by atomic mass is 16.5. The minimum atomic E-state index is -0.0271. The maximum atomic E-state index is 12.1. The molecule has 25 heavy (non-hydrogen) atoms. The maximum Gasteiger partial charge on any atom is 0.223 e. The van der Waals surface area contributed by atoms with Gasteiger partial charge in [-0.25, -0.2) is 0 Å². The van der Waals surface area contributed by atoms with E-state index >= 15 is 0 Å². The fourth-order valence-electron chi connectivity index (χ4n) is 2.86. The van der Waals surface area contributed by atoms with Gasteiger partial charge < -0.3 is 19.2 Å². The van der Waals surface area contributed by atoms with Crippen LogP contribution < -0.4 is 10.1 Å². The van der Waals surface area contributed by atoms with Crippen molar-refractivity contribution in [3.8, 4) is 5.75 Å². The Labute approximate surface area is 147 Å². The van der Waals surface area contributed by atoms with Crippen LogP contribution >= 0.6 is 0 Å². The van der Waals surface area contributed by atoms with Gasteiger partial charge in [0.2, 0.25) is 5.91 Å². The van der Waals surface area contributed by atoms with E-state index in [1.165, 1.54) is 0 Å². The van der Waals surface area contributed by atoms with Crippen molar-refractivity contribution in [2.24, 2.45) is 0 Å². The molecule has 1 saturated heterocycles. The number of furan rings is 1. The van der Waals surface area contributed by atoms with E-state index in [0.717, 1.165) is 24.6 Å². The van der Waals surface area contributed by atoms with E-state index in [2.05, 4.69) is 10.2 Å². The molecule has 1 amide bonds. The van der Waals surface area contributed by atoms with E-state index in [1.54, 1.807) is 6.26 Å². The summed E-state index contributed by atoms with van der Waals surface area (Å²) in [5.74, 6) is 1.61.